The van der Waals surface area contributed by atoms with Crippen LogP contribution >= 0.6 is 11.6 Å². The third-order valence-corrected chi connectivity index (χ3v) is 2.66. The van der Waals surface area contributed by atoms with Gasteiger partial charge in [-0.1, -0.05) is 6.92 Å². The lowest BCUT2D eigenvalue weighted by molar-refractivity contribution is 0.0599. The van der Waals surface area contributed by atoms with Gasteiger partial charge in [0.05, 0.1) is 24.3 Å². The van der Waals surface area contributed by atoms with Crippen molar-refractivity contribution in [1.82, 2.24) is 0 Å². The van der Waals surface area contributed by atoms with E-state index in [2.05, 4.69) is 4.74 Å². The Hall–Kier alpha value is -1.53. The molecule has 0 aliphatic carbocycles. The summed E-state index contributed by atoms with van der Waals surface area (Å²) in [5.74, 6) is -0.150. The summed E-state index contributed by atoms with van der Waals surface area (Å²) >= 11 is 5.80. The van der Waals surface area contributed by atoms with E-state index in [9.17, 15) is 4.79 Å². The normalized spacial score (nSPS) is 9.62. The predicted octanol–water partition coefficient (Wildman–Crippen LogP) is 2.65. The number of carbonyl (C=O) groups excluding carboxylic acids is 1. The van der Waals surface area contributed by atoms with Crippen LogP contribution in [0.3, 0.4) is 0 Å². The van der Waals surface area contributed by atoms with Crippen molar-refractivity contribution in [2.75, 3.05) is 7.11 Å². The molecule has 84 valence electrons. The number of benzene rings is 1. The number of alkyl halides is 1. The van der Waals surface area contributed by atoms with Crippen LogP contribution in [0, 0.1) is 11.3 Å². The maximum atomic E-state index is 11.6. The number of esters is 1. The van der Waals surface area contributed by atoms with E-state index in [1.807, 2.05) is 13.0 Å². The van der Waals surface area contributed by atoms with Gasteiger partial charge in [0, 0.05) is 5.88 Å². The van der Waals surface area contributed by atoms with Crippen molar-refractivity contribution in [2.24, 2.45) is 0 Å². The van der Waals surface area contributed by atoms with Crippen LogP contribution in [-0.4, -0.2) is 13.1 Å². The third kappa shape index (κ3) is 2.34. The van der Waals surface area contributed by atoms with Crippen LogP contribution in [0.2, 0.25) is 0 Å². The van der Waals surface area contributed by atoms with E-state index in [4.69, 9.17) is 16.9 Å². The first-order chi connectivity index (χ1) is 7.67. The van der Waals surface area contributed by atoms with E-state index in [1.165, 1.54) is 7.11 Å². The Morgan fingerprint density at radius 2 is 2.25 bits per heavy atom. The molecule has 1 aromatic rings. The molecule has 0 saturated heterocycles. The minimum absolute atomic E-state index is 0.280. The number of ether oxygens (including phenoxy) is 1. The minimum atomic E-state index is -0.430. The van der Waals surface area contributed by atoms with Gasteiger partial charge in [-0.3, -0.25) is 0 Å². The molecular weight excluding hydrogens is 226 g/mol. The molecule has 16 heavy (non-hydrogen) atoms. The third-order valence-electron chi connectivity index (χ3n) is 2.37. The summed E-state index contributed by atoms with van der Waals surface area (Å²) < 4.78 is 4.69. The Labute approximate surface area is 99.6 Å². The van der Waals surface area contributed by atoms with Gasteiger partial charge < -0.3 is 4.74 Å². The molecule has 0 saturated carbocycles. The summed E-state index contributed by atoms with van der Waals surface area (Å²) in [6.45, 7) is 1.93. The van der Waals surface area contributed by atoms with Crippen molar-refractivity contribution in [3.63, 3.8) is 0 Å². The average molecular weight is 238 g/mol. The number of rotatable bonds is 3. The first-order valence-electron chi connectivity index (χ1n) is 4.88. The Kier molecular flexibility index (Phi) is 4.33. The van der Waals surface area contributed by atoms with Crippen LogP contribution in [0.5, 0.6) is 0 Å². The summed E-state index contributed by atoms with van der Waals surface area (Å²) in [7, 11) is 1.32. The second-order valence-corrected chi connectivity index (χ2v) is 3.52. The second kappa shape index (κ2) is 5.53. The number of nitriles is 1. The zero-order valence-electron chi connectivity index (χ0n) is 9.21. The summed E-state index contributed by atoms with van der Waals surface area (Å²) in [6.07, 6.45) is 0.679. The second-order valence-electron chi connectivity index (χ2n) is 3.25. The Morgan fingerprint density at radius 1 is 1.56 bits per heavy atom. The number of carbonyl (C=O) groups is 1. The standard InChI is InChI=1S/C12H12ClNO2/c1-3-10-9(6-13)4-8(7-14)5-11(10)12(15)16-2/h4-5H,3,6H2,1-2H3. The summed E-state index contributed by atoms with van der Waals surface area (Å²) in [6, 6.07) is 5.25. The monoisotopic (exact) mass is 237 g/mol. The summed E-state index contributed by atoms with van der Waals surface area (Å²) in [4.78, 5) is 11.6. The summed E-state index contributed by atoms with van der Waals surface area (Å²) in [5, 5.41) is 8.85. The number of hydrogen-bond acceptors (Lipinski definition) is 3. The molecule has 0 aliphatic heterocycles. The highest BCUT2D eigenvalue weighted by Gasteiger charge is 2.15. The Balaban J connectivity index is 3.44. The molecule has 0 aliphatic rings. The van der Waals surface area contributed by atoms with Crippen LogP contribution in [0.4, 0.5) is 0 Å². The summed E-state index contributed by atoms with van der Waals surface area (Å²) in [5.41, 5.74) is 2.51. The Bertz CT molecular complexity index is 449. The van der Waals surface area contributed by atoms with Crippen LogP contribution < -0.4 is 0 Å². The van der Waals surface area contributed by atoms with Crippen molar-refractivity contribution in [2.45, 2.75) is 19.2 Å². The van der Waals surface area contributed by atoms with Gasteiger partial charge in [-0.25, -0.2) is 4.79 Å². The van der Waals surface area contributed by atoms with Gasteiger partial charge in [0.25, 0.3) is 0 Å². The van der Waals surface area contributed by atoms with Crippen LogP contribution in [0.15, 0.2) is 12.1 Å². The van der Waals surface area contributed by atoms with Crippen molar-refractivity contribution in [1.29, 1.82) is 5.26 Å². The number of hydrogen-bond donors (Lipinski definition) is 0. The smallest absolute Gasteiger partial charge is 0.338 e. The van der Waals surface area contributed by atoms with Gasteiger partial charge in [-0.2, -0.15) is 5.26 Å². The Morgan fingerprint density at radius 3 is 2.69 bits per heavy atom. The molecule has 0 unspecified atom stereocenters. The highest BCUT2D eigenvalue weighted by atomic mass is 35.5. The van der Waals surface area contributed by atoms with E-state index in [0.717, 1.165) is 11.1 Å². The molecule has 0 heterocycles. The van der Waals surface area contributed by atoms with Crippen molar-refractivity contribution >= 4 is 17.6 Å². The molecule has 0 fully saturated rings. The van der Waals surface area contributed by atoms with Crippen LogP contribution in [0.1, 0.15) is 34.0 Å². The molecule has 1 aromatic carbocycles. The molecule has 3 nitrogen and oxygen atoms in total. The van der Waals surface area contributed by atoms with Gasteiger partial charge in [0.2, 0.25) is 0 Å². The maximum absolute atomic E-state index is 11.6. The average Bonchev–Trinajstić information content (AvgIpc) is 2.35. The highest BCUT2D eigenvalue weighted by molar-refractivity contribution is 6.17. The molecule has 0 aromatic heterocycles. The van der Waals surface area contributed by atoms with Crippen molar-refractivity contribution < 1.29 is 9.53 Å². The first-order valence-corrected chi connectivity index (χ1v) is 5.41. The van der Waals surface area contributed by atoms with E-state index in [-0.39, 0.29) is 5.88 Å². The topological polar surface area (TPSA) is 50.1 Å². The maximum Gasteiger partial charge on any atom is 0.338 e. The molecule has 0 radical (unpaired) electrons. The lowest BCUT2D eigenvalue weighted by Gasteiger charge is -2.11. The van der Waals surface area contributed by atoms with Crippen molar-refractivity contribution in [3.8, 4) is 6.07 Å². The van der Waals surface area contributed by atoms with Crippen molar-refractivity contribution in [3.05, 3.63) is 34.4 Å². The fourth-order valence-electron chi connectivity index (χ4n) is 1.63. The fourth-order valence-corrected chi connectivity index (χ4v) is 1.86. The number of halogens is 1. The predicted molar refractivity (Wildman–Crippen MR) is 61.4 cm³/mol. The quantitative estimate of drug-likeness (QED) is 0.600. The van der Waals surface area contributed by atoms with E-state index in [1.54, 1.807) is 12.1 Å². The van der Waals surface area contributed by atoms with Gasteiger partial charge in [-0.15, -0.1) is 11.6 Å². The molecule has 0 bridgehead atoms. The zero-order chi connectivity index (χ0) is 12.1. The molecular formula is C12H12ClNO2. The molecule has 0 spiro atoms. The van der Waals surface area contributed by atoms with Gasteiger partial charge in [-0.05, 0) is 29.7 Å². The molecule has 0 atom stereocenters. The van der Waals surface area contributed by atoms with Gasteiger partial charge in [0.15, 0.2) is 0 Å². The van der Waals surface area contributed by atoms with Gasteiger partial charge >= 0.3 is 5.97 Å². The fraction of sp³-hybridized carbons (Fsp3) is 0.333. The lowest BCUT2D eigenvalue weighted by Crippen LogP contribution is -2.08. The molecule has 1 rings (SSSR count). The number of nitrogens with zero attached hydrogens (tertiary/aromatic N) is 1. The van der Waals surface area contributed by atoms with Crippen LogP contribution in [-0.2, 0) is 17.0 Å². The minimum Gasteiger partial charge on any atom is -0.465 e. The number of methoxy groups -OCH3 is 1. The largest absolute Gasteiger partial charge is 0.465 e. The van der Waals surface area contributed by atoms with Gasteiger partial charge in [0.1, 0.15) is 0 Å². The SMILES string of the molecule is CCc1c(CCl)cc(C#N)cc1C(=O)OC. The van der Waals surface area contributed by atoms with Crippen LogP contribution in [0.25, 0.3) is 0 Å². The van der Waals surface area contributed by atoms with E-state index < -0.39 is 5.97 Å². The first kappa shape index (κ1) is 12.5. The highest BCUT2D eigenvalue weighted by Crippen LogP contribution is 2.21. The van der Waals surface area contributed by atoms with E-state index in [0.29, 0.717) is 17.5 Å². The zero-order valence-corrected chi connectivity index (χ0v) is 9.97. The molecule has 4 heteroatoms. The molecule has 0 N–H and O–H groups in total. The van der Waals surface area contributed by atoms with E-state index >= 15 is 0 Å². The molecule has 0 amide bonds. The lowest BCUT2D eigenvalue weighted by atomic mass is 9.97.